The summed E-state index contributed by atoms with van der Waals surface area (Å²) in [6, 6.07) is 4.93. The van der Waals surface area contributed by atoms with Gasteiger partial charge in [-0.05, 0) is 44.4 Å². The first-order valence-corrected chi connectivity index (χ1v) is 8.90. The Labute approximate surface area is 148 Å². The Morgan fingerprint density at radius 3 is 2.75 bits per heavy atom. The second kappa shape index (κ2) is 7.99. The van der Waals surface area contributed by atoms with Gasteiger partial charge >= 0.3 is 0 Å². The van der Waals surface area contributed by atoms with Gasteiger partial charge in [-0.15, -0.1) is 0 Å². The van der Waals surface area contributed by atoms with Crippen molar-refractivity contribution in [1.82, 2.24) is 5.32 Å². The third-order valence-corrected chi connectivity index (χ3v) is 4.90. The number of amides is 2. The van der Waals surface area contributed by atoms with E-state index in [2.05, 4.69) is 10.6 Å². The average molecular weight is 352 g/mol. The lowest BCUT2D eigenvalue weighted by molar-refractivity contribution is -0.122. The van der Waals surface area contributed by atoms with E-state index in [1.54, 1.807) is 18.2 Å². The van der Waals surface area contributed by atoms with Gasteiger partial charge in [0.1, 0.15) is 0 Å². The molecule has 0 radical (unpaired) electrons. The van der Waals surface area contributed by atoms with Crippen LogP contribution in [0.5, 0.6) is 0 Å². The molecule has 1 aliphatic rings. The fourth-order valence-electron chi connectivity index (χ4n) is 3.13. The molecule has 1 fully saturated rings. The second-order valence-corrected chi connectivity index (χ2v) is 7.15. The Morgan fingerprint density at radius 1 is 1.38 bits per heavy atom. The van der Waals surface area contributed by atoms with Crippen LogP contribution >= 0.6 is 11.6 Å². The lowest BCUT2D eigenvalue weighted by atomic mass is 9.74. The van der Waals surface area contributed by atoms with Gasteiger partial charge in [0.15, 0.2) is 0 Å². The van der Waals surface area contributed by atoms with Crippen molar-refractivity contribution in [2.24, 2.45) is 11.7 Å². The number of halogens is 1. The van der Waals surface area contributed by atoms with Crippen LogP contribution in [0.3, 0.4) is 0 Å². The van der Waals surface area contributed by atoms with Crippen LogP contribution in [0.4, 0.5) is 5.69 Å². The molecule has 1 aliphatic carbocycles. The molecular weight excluding hydrogens is 326 g/mol. The van der Waals surface area contributed by atoms with Gasteiger partial charge in [-0.3, -0.25) is 9.59 Å². The zero-order valence-corrected chi connectivity index (χ0v) is 15.1. The van der Waals surface area contributed by atoms with Crippen molar-refractivity contribution in [2.45, 2.75) is 51.5 Å². The summed E-state index contributed by atoms with van der Waals surface area (Å²) in [6.45, 7) is 4.52. The first-order valence-electron chi connectivity index (χ1n) is 8.52. The summed E-state index contributed by atoms with van der Waals surface area (Å²) in [5, 5.41) is 5.99. The highest BCUT2D eigenvalue weighted by molar-refractivity contribution is 6.34. The summed E-state index contributed by atoms with van der Waals surface area (Å²) in [6.07, 6.45) is 4.58. The summed E-state index contributed by atoms with van der Waals surface area (Å²) in [4.78, 5) is 24.5. The summed E-state index contributed by atoms with van der Waals surface area (Å²) >= 11 is 6.19. The predicted octanol–water partition coefficient (Wildman–Crippen LogP) is 3.33. The van der Waals surface area contributed by atoms with E-state index in [1.165, 1.54) is 0 Å². The first-order chi connectivity index (χ1) is 11.3. The normalized spacial score (nSPS) is 23.6. The van der Waals surface area contributed by atoms with Crippen molar-refractivity contribution >= 4 is 29.1 Å². The van der Waals surface area contributed by atoms with E-state index in [1.807, 2.05) is 13.8 Å². The molecule has 24 heavy (non-hydrogen) atoms. The van der Waals surface area contributed by atoms with Gasteiger partial charge in [-0.25, -0.2) is 0 Å². The molecule has 2 unspecified atom stereocenters. The highest BCUT2D eigenvalue weighted by Gasteiger charge is 2.37. The van der Waals surface area contributed by atoms with Gasteiger partial charge in [0, 0.05) is 17.8 Å². The molecule has 6 heteroatoms. The van der Waals surface area contributed by atoms with Crippen molar-refractivity contribution in [3.8, 4) is 0 Å². The maximum atomic E-state index is 12.5. The minimum Gasteiger partial charge on any atom is -0.352 e. The Bertz CT molecular complexity index is 616. The molecule has 0 aliphatic heterocycles. The minimum atomic E-state index is -0.480. The van der Waals surface area contributed by atoms with E-state index < -0.39 is 5.54 Å². The summed E-state index contributed by atoms with van der Waals surface area (Å²) in [5.41, 5.74) is 6.79. The van der Waals surface area contributed by atoms with E-state index in [-0.39, 0.29) is 17.7 Å². The Hall–Kier alpha value is -1.59. The lowest BCUT2D eigenvalue weighted by Gasteiger charge is -2.37. The largest absolute Gasteiger partial charge is 0.352 e. The van der Waals surface area contributed by atoms with Crippen LogP contribution in [0, 0.1) is 5.92 Å². The Balaban J connectivity index is 2.06. The van der Waals surface area contributed by atoms with Crippen molar-refractivity contribution in [1.29, 1.82) is 0 Å². The van der Waals surface area contributed by atoms with Crippen molar-refractivity contribution in [3.05, 3.63) is 28.8 Å². The minimum absolute atomic E-state index is 0.0843. The first kappa shape index (κ1) is 18.7. The fraction of sp³-hybridized carbons (Fsp3) is 0.556. The molecule has 5 nitrogen and oxygen atoms in total. The number of nitrogens with one attached hydrogen (secondary N) is 2. The number of nitrogens with two attached hydrogens (primary N) is 1. The number of carbonyl (C=O) groups is 2. The molecule has 132 valence electrons. The molecular formula is C18H26ClN3O2. The highest BCUT2D eigenvalue weighted by atomic mass is 35.5. The molecule has 2 atom stereocenters. The SMILES string of the molecule is CCCNC(=O)c1ccc(NC(=O)C2CCCCC2(C)N)cc1Cl. The smallest absolute Gasteiger partial charge is 0.252 e. The average Bonchev–Trinajstić information content (AvgIpc) is 2.52. The molecule has 4 N–H and O–H groups in total. The van der Waals surface area contributed by atoms with Crippen LogP contribution in [-0.2, 0) is 4.79 Å². The number of benzene rings is 1. The van der Waals surface area contributed by atoms with Gasteiger partial charge in [-0.2, -0.15) is 0 Å². The molecule has 2 rings (SSSR count). The maximum Gasteiger partial charge on any atom is 0.252 e. The van der Waals surface area contributed by atoms with Crippen LogP contribution in [0.1, 0.15) is 56.3 Å². The quantitative estimate of drug-likeness (QED) is 0.760. The number of rotatable bonds is 5. The molecule has 0 bridgehead atoms. The third kappa shape index (κ3) is 4.48. The van der Waals surface area contributed by atoms with Crippen molar-refractivity contribution < 1.29 is 9.59 Å². The fourth-order valence-corrected chi connectivity index (χ4v) is 3.40. The zero-order valence-electron chi connectivity index (χ0n) is 14.3. The van der Waals surface area contributed by atoms with Crippen LogP contribution in [0.25, 0.3) is 0 Å². The van der Waals surface area contributed by atoms with Crippen LogP contribution in [0.2, 0.25) is 5.02 Å². The van der Waals surface area contributed by atoms with Gasteiger partial charge in [-0.1, -0.05) is 31.4 Å². The molecule has 1 saturated carbocycles. The Kier molecular flexibility index (Phi) is 6.24. The lowest BCUT2D eigenvalue weighted by Crippen LogP contribution is -2.51. The molecule has 0 saturated heterocycles. The van der Waals surface area contributed by atoms with Crippen molar-refractivity contribution in [3.63, 3.8) is 0 Å². The number of hydrogen-bond acceptors (Lipinski definition) is 3. The van der Waals surface area contributed by atoms with Crippen LogP contribution in [-0.4, -0.2) is 23.9 Å². The standard InChI is InChI=1S/C18H26ClN3O2/c1-3-10-21-16(23)13-8-7-12(11-15(13)19)22-17(24)14-6-4-5-9-18(14,2)20/h7-8,11,14H,3-6,9-10,20H2,1-2H3,(H,21,23)(H,22,24). The highest BCUT2D eigenvalue weighted by Crippen LogP contribution is 2.32. The number of anilines is 1. The van der Waals surface area contributed by atoms with Gasteiger partial charge in [0.2, 0.25) is 5.91 Å². The number of carbonyl (C=O) groups excluding carboxylic acids is 2. The van der Waals surface area contributed by atoms with E-state index >= 15 is 0 Å². The van der Waals surface area contributed by atoms with E-state index in [0.29, 0.717) is 22.8 Å². The second-order valence-electron chi connectivity index (χ2n) is 6.74. The summed E-state index contributed by atoms with van der Waals surface area (Å²) in [7, 11) is 0. The molecule has 1 aromatic rings. The summed E-state index contributed by atoms with van der Waals surface area (Å²) in [5.74, 6) is -0.502. The summed E-state index contributed by atoms with van der Waals surface area (Å²) < 4.78 is 0. The van der Waals surface area contributed by atoms with Gasteiger partial charge in [0.05, 0.1) is 16.5 Å². The van der Waals surface area contributed by atoms with Crippen LogP contribution in [0.15, 0.2) is 18.2 Å². The van der Waals surface area contributed by atoms with Gasteiger partial charge in [0.25, 0.3) is 5.91 Å². The van der Waals surface area contributed by atoms with Crippen molar-refractivity contribution in [2.75, 3.05) is 11.9 Å². The van der Waals surface area contributed by atoms with Crippen LogP contribution < -0.4 is 16.4 Å². The third-order valence-electron chi connectivity index (χ3n) is 4.59. The molecule has 0 aromatic heterocycles. The number of hydrogen-bond donors (Lipinski definition) is 3. The Morgan fingerprint density at radius 2 is 2.12 bits per heavy atom. The maximum absolute atomic E-state index is 12.5. The monoisotopic (exact) mass is 351 g/mol. The van der Waals surface area contributed by atoms with E-state index in [0.717, 1.165) is 32.1 Å². The molecule has 2 amide bonds. The molecule has 0 heterocycles. The van der Waals surface area contributed by atoms with E-state index in [4.69, 9.17) is 17.3 Å². The van der Waals surface area contributed by atoms with Gasteiger partial charge < -0.3 is 16.4 Å². The zero-order chi connectivity index (χ0) is 17.7. The topological polar surface area (TPSA) is 84.2 Å². The molecule has 1 aromatic carbocycles. The van der Waals surface area contributed by atoms with E-state index in [9.17, 15) is 9.59 Å². The predicted molar refractivity (Wildman–Crippen MR) is 97.3 cm³/mol. The molecule has 0 spiro atoms.